The van der Waals surface area contributed by atoms with Gasteiger partial charge in [0.25, 0.3) is 0 Å². The van der Waals surface area contributed by atoms with Crippen LogP contribution in [0, 0.1) is 17.8 Å². The molecular formula is C9H14. The zero-order valence-corrected chi connectivity index (χ0v) is 6.44. The van der Waals surface area contributed by atoms with Crippen LogP contribution in [-0.4, -0.2) is 0 Å². The third-order valence-corrected chi connectivity index (χ3v) is 0.953. The molecule has 0 amide bonds. The fraction of sp³-hybridized carbons (Fsp3) is 0.556. The van der Waals surface area contributed by atoms with Crippen molar-refractivity contribution in [3.63, 3.8) is 0 Å². The van der Waals surface area contributed by atoms with E-state index in [1.165, 1.54) is 0 Å². The van der Waals surface area contributed by atoms with Gasteiger partial charge in [0.05, 0.1) is 0 Å². The van der Waals surface area contributed by atoms with Gasteiger partial charge in [-0.3, -0.25) is 0 Å². The molecule has 0 nitrogen and oxygen atoms in total. The second-order valence-corrected chi connectivity index (χ2v) is 2.43. The van der Waals surface area contributed by atoms with Crippen molar-refractivity contribution in [2.24, 2.45) is 5.92 Å². The normalized spacial score (nSPS) is 9.78. The van der Waals surface area contributed by atoms with Gasteiger partial charge in [0.2, 0.25) is 0 Å². The molecule has 0 unspecified atom stereocenters. The van der Waals surface area contributed by atoms with Gasteiger partial charge in [0.15, 0.2) is 0 Å². The summed E-state index contributed by atoms with van der Waals surface area (Å²) in [5.41, 5.74) is 0. The van der Waals surface area contributed by atoms with Gasteiger partial charge < -0.3 is 0 Å². The summed E-state index contributed by atoms with van der Waals surface area (Å²) in [6, 6.07) is 0. The molecule has 0 heteroatoms. The van der Waals surface area contributed by atoms with Gasteiger partial charge >= 0.3 is 0 Å². The lowest BCUT2D eigenvalue weighted by Crippen LogP contribution is -1.80. The van der Waals surface area contributed by atoms with E-state index in [1.807, 2.05) is 13.0 Å². The van der Waals surface area contributed by atoms with Crippen molar-refractivity contribution in [2.75, 3.05) is 0 Å². The third-order valence-electron chi connectivity index (χ3n) is 0.953. The van der Waals surface area contributed by atoms with Gasteiger partial charge in [-0.25, -0.2) is 0 Å². The number of hydrogen-bond acceptors (Lipinski definition) is 0. The average molecular weight is 122 g/mol. The van der Waals surface area contributed by atoms with E-state index in [9.17, 15) is 0 Å². The average Bonchev–Trinajstić information content (AvgIpc) is 1.80. The molecule has 0 saturated carbocycles. The predicted molar refractivity (Wildman–Crippen MR) is 42.0 cm³/mol. The lowest BCUT2D eigenvalue weighted by atomic mass is 10.1. The second kappa shape index (κ2) is 5.44. The number of hydrogen-bond donors (Lipinski definition) is 0. The predicted octanol–water partition coefficient (Wildman–Crippen LogP) is 2.61. The van der Waals surface area contributed by atoms with Gasteiger partial charge in [0.1, 0.15) is 0 Å². The highest BCUT2D eigenvalue weighted by atomic mass is 13.9. The molecule has 0 aliphatic rings. The van der Waals surface area contributed by atoms with Crippen molar-refractivity contribution < 1.29 is 0 Å². The van der Waals surface area contributed by atoms with Crippen LogP contribution >= 0.6 is 0 Å². The highest BCUT2D eigenvalue weighted by Crippen LogP contribution is 1.98. The van der Waals surface area contributed by atoms with Gasteiger partial charge in [0, 0.05) is 0 Å². The van der Waals surface area contributed by atoms with Crippen LogP contribution < -0.4 is 0 Å². The minimum atomic E-state index is 0.750. The van der Waals surface area contributed by atoms with E-state index in [4.69, 9.17) is 0 Å². The maximum Gasteiger partial charge on any atom is -0.00235 e. The molecule has 0 spiro atoms. The SMILES string of the molecule is CC#C/C=C/CC(C)C. The minimum absolute atomic E-state index is 0.750. The summed E-state index contributed by atoms with van der Waals surface area (Å²) in [7, 11) is 0. The van der Waals surface area contributed by atoms with Gasteiger partial charge in [-0.2, -0.15) is 0 Å². The molecule has 0 atom stereocenters. The molecule has 0 aromatic rings. The molecule has 0 aromatic carbocycles. The Labute approximate surface area is 58.0 Å². The Morgan fingerprint density at radius 1 is 1.44 bits per heavy atom. The molecule has 0 aromatic heterocycles. The van der Waals surface area contributed by atoms with Crippen molar-refractivity contribution in [1.82, 2.24) is 0 Å². The second-order valence-electron chi connectivity index (χ2n) is 2.43. The van der Waals surface area contributed by atoms with Crippen LogP contribution in [0.25, 0.3) is 0 Å². The maximum atomic E-state index is 2.87. The van der Waals surface area contributed by atoms with Crippen molar-refractivity contribution in [1.29, 1.82) is 0 Å². The van der Waals surface area contributed by atoms with E-state index in [-0.39, 0.29) is 0 Å². The van der Waals surface area contributed by atoms with Crippen LogP contribution in [0.15, 0.2) is 12.2 Å². The lowest BCUT2D eigenvalue weighted by molar-refractivity contribution is 0.664. The summed E-state index contributed by atoms with van der Waals surface area (Å²) < 4.78 is 0. The molecule has 0 saturated heterocycles. The smallest absolute Gasteiger partial charge is 0.00235 e. The Morgan fingerprint density at radius 2 is 2.11 bits per heavy atom. The largest absolute Gasteiger partial charge is 0.102 e. The summed E-state index contributed by atoms with van der Waals surface area (Å²) >= 11 is 0. The molecule has 0 N–H and O–H groups in total. The van der Waals surface area contributed by atoms with E-state index >= 15 is 0 Å². The summed E-state index contributed by atoms with van der Waals surface area (Å²) in [6.07, 6.45) is 5.16. The molecule has 9 heavy (non-hydrogen) atoms. The van der Waals surface area contributed by atoms with Crippen molar-refractivity contribution in [3.05, 3.63) is 12.2 Å². The fourth-order valence-corrected chi connectivity index (χ4v) is 0.482. The molecule has 0 bridgehead atoms. The van der Waals surface area contributed by atoms with E-state index < -0.39 is 0 Å². The van der Waals surface area contributed by atoms with Gasteiger partial charge in [-0.15, -0.1) is 5.92 Å². The first-order valence-electron chi connectivity index (χ1n) is 3.34. The lowest BCUT2D eigenvalue weighted by Gasteiger charge is -1.93. The van der Waals surface area contributed by atoms with E-state index in [0.29, 0.717) is 0 Å². The van der Waals surface area contributed by atoms with Crippen LogP contribution in [0.2, 0.25) is 0 Å². The monoisotopic (exact) mass is 122 g/mol. The van der Waals surface area contributed by atoms with E-state index in [2.05, 4.69) is 31.8 Å². The van der Waals surface area contributed by atoms with Crippen molar-refractivity contribution >= 4 is 0 Å². The Morgan fingerprint density at radius 3 is 2.56 bits per heavy atom. The van der Waals surface area contributed by atoms with Crippen LogP contribution in [0.4, 0.5) is 0 Å². The molecule has 0 aliphatic heterocycles. The van der Waals surface area contributed by atoms with Crippen molar-refractivity contribution in [3.8, 4) is 11.8 Å². The molecule has 0 radical (unpaired) electrons. The van der Waals surface area contributed by atoms with Crippen LogP contribution in [0.1, 0.15) is 27.2 Å². The molecular weight excluding hydrogens is 108 g/mol. The molecule has 0 fully saturated rings. The summed E-state index contributed by atoms with van der Waals surface area (Å²) in [6.45, 7) is 6.24. The first-order chi connectivity index (χ1) is 4.27. The van der Waals surface area contributed by atoms with Gasteiger partial charge in [-0.05, 0) is 25.3 Å². The Bertz CT molecular complexity index is 130. The van der Waals surface area contributed by atoms with E-state index in [1.54, 1.807) is 0 Å². The molecule has 50 valence electrons. The van der Waals surface area contributed by atoms with E-state index in [0.717, 1.165) is 12.3 Å². The molecule has 0 aliphatic carbocycles. The summed E-state index contributed by atoms with van der Waals surface area (Å²) in [4.78, 5) is 0. The quantitative estimate of drug-likeness (QED) is 0.494. The topological polar surface area (TPSA) is 0 Å². The minimum Gasteiger partial charge on any atom is -0.102 e. The summed E-state index contributed by atoms with van der Waals surface area (Å²) in [5.74, 6) is 6.43. The number of allylic oxidation sites excluding steroid dienone is 2. The van der Waals surface area contributed by atoms with Crippen LogP contribution in [0.3, 0.4) is 0 Å². The number of rotatable bonds is 2. The van der Waals surface area contributed by atoms with Gasteiger partial charge in [-0.1, -0.05) is 25.8 Å². The van der Waals surface area contributed by atoms with Crippen LogP contribution in [-0.2, 0) is 0 Å². The third kappa shape index (κ3) is 7.30. The van der Waals surface area contributed by atoms with Crippen LogP contribution in [0.5, 0.6) is 0 Å². The zero-order chi connectivity index (χ0) is 7.11. The summed E-state index contributed by atoms with van der Waals surface area (Å²) in [5, 5.41) is 0. The Balaban J connectivity index is 3.33. The molecule has 0 rings (SSSR count). The standard InChI is InChI=1S/C9H14/c1-4-5-6-7-8-9(2)3/h6-7,9H,8H2,1-3H3/b7-6+. The Kier molecular flexibility index (Phi) is 5.01. The fourth-order valence-electron chi connectivity index (χ4n) is 0.482. The molecule has 0 heterocycles. The maximum absolute atomic E-state index is 2.87. The van der Waals surface area contributed by atoms with Crippen molar-refractivity contribution in [2.45, 2.75) is 27.2 Å². The Hall–Kier alpha value is -0.700. The first kappa shape index (κ1) is 8.30. The highest BCUT2D eigenvalue weighted by Gasteiger charge is 1.84. The first-order valence-corrected chi connectivity index (χ1v) is 3.34. The zero-order valence-electron chi connectivity index (χ0n) is 6.44. The highest BCUT2D eigenvalue weighted by molar-refractivity contribution is 5.13.